The Morgan fingerprint density at radius 1 is 1.33 bits per heavy atom. The lowest BCUT2D eigenvalue weighted by Crippen LogP contribution is -2.25. The maximum absolute atomic E-state index is 11.8. The molecule has 0 fully saturated rings. The summed E-state index contributed by atoms with van der Waals surface area (Å²) in [5, 5.41) is 21.8. The summed E-state index contributed by atoms with van der Waals surface area (Å²) in [5.41, 5.74) is -0.251. The number of aliphatic hydroxyl groups is 1. The summed E-state index contributed by atoms with van der Waals surface area (Å²) in [5.74, 6) is -0.172. The van der Waals surface area contributed by atoms with Gasteiger partial charge in [-0.2, -0.15) is 0 Å². The second kappa shape index (κ2) is 6.43. The summed E-state index contributed by atoms with van der Waals surface area (Å²) in [4.78, 5) is 9.85. The number of non-ortho nitro benzene ring substituents is 1. The van der Waals surface area contributed by atoms with E-state index in [1.54, 1.807) is 0 Å². The van der Waals surface area contributed by atoms with E-state index >= 15 is 0 Å². The molecule has 0 amide bonds. The molecule has 0 spiro atoms. The van der Waals surface area contributed by atoms with Crippen molar-refractivity contribution in [2.24, 2.45) is 0 Å². The number of sulfone groups is 1. The lowest BCUT2D eigenvalue weighted by Gasteiger charge is -2.05. The molecule has 7 nitrogen and oxygen atoms in total. The first-order valence-electron chi connectivity index (χ1n) is 5.26. The monoisotopic (exact) mass is 274 g/mol. The fourth-order valence-electron chi connectivity index (χ4n) is 1.32. The molecule has 0 aliphatic carbocycles. The van der Waals surface area contributed by atoms with E-state index in [1.165, 1.54) is 18.2 Å². The van der Waals surface area contributed by atoms with Crippen molar-refractivity contribution in [3.8, 4) is 0 Å². The summed E-state index contributed by atoms with van der Waals surface area (Å²) in [6.45, 7) is 0.424. The Morgan fingerprint density at radius 2 is 2.06 bits per heavy atom. The van der Waals surface area contributed by atoms with Crippen LogP contribution in [0.5, 0.6) is 0 Å². The summed E-state index contributed by atoms with van der Waals surface area (Å²) in [6, 6.07) is 4.95. The SMILES string of the molecule is O=[N+]([O-])c1cccc(S(=O)(=O)CCNCCO)c1. The largest absolute Gasteiger partial charge is 0.395 e. The third-order valence-electron chi connectivity index (χ3n) is 2.22. The smallest absolute Gasteiger partial charge is 0.270 e. The van der Waals surface area contributed by atoms with E-state index in [1.807, 2.05) is 0 Å². The molecular formula is C10H14N2O5S. The third kappa shape index (κ3) is 4.06. The fraction of sp³-hybridized carbons (Fsp3) is 0.400. The molecule has 0 heterocycles. The minimum atomic E-state index is -3.55. The van der Waals surface area contributed by atoms with Crippen LogP contribution in [-0.4, -0.2) is 43.9 Å². The summed E-state index contributed by atoms with van der Waals surface area (Å²) in [6.07, 6.45) is 0. The second-order valence-corrected chi connectivity index (χ2v) is 5.66. The molecule has 1 rings (SSSR count). The molecule has 1 aromatic carbocycles. The van der Waals surface area contributed by atoms with Gasteiger partial charge in [0.25, 0.3) is 5.69 Å². The number of nitrogens with zero attached hydrogens (tertiary/aromatic N) is 1. The highest BCUT2D eigenvalue weighted by Crippen LogP contribution is 2.18. The first kappa shape index (κ1) is 14.6. The molecular weight excluding hydrogens is 260 g/mol. The van der Waals surface area contributed by atoms with E-state index in [4.69, 9.17) is 5.11 Å². The van der Waals surface area contributed by atoms with Crippen molar-refractivity contribution in [2.45, 2.75) is 4.90 Å². The minimum Gasteiger partial charge on any atom is -0.395 e. The van der Waals surface area contributed by atoms with Gasteiger partial charge in [0.15, 0.2) is 9.84 Å². The normalized spacial score (nSPS) is 11.4. The van der Waals surface area contributed by atoms with Crippen molar-refractivity contribution in [1.29, 1.82) is 0 Å². The molecule has 0 aliphatic rings. The zero-order chi connectivity index (χ0) is 13.6. The van der Waals surface area contributed by atoms with Crippen molar-refractivity contribution < 1.29 is 18.4 Å². The van der Waals surface area contributed by atoms with Crippen LogP contribution < -0.4 is 5.32 Å². The van der Waals surface area contributed by atoms with Gasteiger partial charge in [-0.25, -0.2) is 8.42 Å². The van der Waals surface area contributed by atoms with E-state index in [9.17, 15) is 18.5 Å². The van der Waals surface area contributed by atoms with Gasteiger partial charge >= 0.3 is 0 Å². The Labute approximate surface area is 105 Å². The maximum atomic E-state index is 11.8. The first-order chi connectivity index (χ1) is 8.47. The molecule has 0 aliphatic heterocycles. The fourth-order valence-corrected chi connectivity index (χ4v) is 2.55. The number of nitro benzene ring substituents is 1. The zero-order valence-corrected chi connectivity index (χ0v) is 10.4. The van der Waals surface area contributed by atoms with E-state index in [-0.39, 0.29) is 29.5 Å². The Bertz CT molecular complexity index is 515. The Balaban J connectivity index is 2.78. The minimum absolute atomic E-state index is 0.0671. The molecule has 0 saturated carbocycles. The quantitative estimate of drug-likeness (QED) is 0.410. The number of hydrogen-bond acceptors (Lipinski definition) is 6. The number of nitrogens with one attached hydrogen (secondary N) is 1. The van der Waals surface area contributed by atoms with Crippen LogP contribution in [0, 0.1) is 10.1 Å². The van der Waals surface area contributed by atoms with Crippen molar-refractivity contribution in [2.75, 3.05) is 25.4 Å². The third-order valence-corrected chi connectivity index (χ3v) is 3.94. The lowest BCUT2D eigenvalue weighted by molar-refractivity contribution is -0.385. The van der Waals surface area contributed by atoms with Gasteiger partial charge in [0.05, 0.1) is 22.2 Å². The molecule has 0 radical (unpaired) electrons. The molecule has 8 heteroatoms. The number of benzene rings is 1. The number of hydrogen-bond donors (Lipinski definition) is 2. The summed E-state index contributed by atoms with van der Waals surface area (Å²) in [7, 11) is -3.55. The van der Waals surface area contributed by atoms with Crippen molar-refractivity contribution in [3.05, 3.63) is 34.4 Å². The molecule has 0 aromatic heterocycles. The van der Waals surface area contributed by atoms with Crippen LogP contribution in [0.1, 0.15) is 0 Å². The standard InChI is InChI=1S/C10H14N2O5S/c13-6-4-11-5-7-18(16,17)10-3-1-2-9(8-10)12(14)15/h1-3,8,11,13H,4-7H2. The van der Waals surface area contributed by atoms with Crippen molar-refractivity contribution in [1.82, 2.24) is 5.32 Å². The highest BCUT2D eigenvalue weighted by Gasteiger charge is 2.17. The van der Waals surface area contributed by atoms with Gasteiger partial charge in [-0.15, -0.1) is 0 Å². The second-order valence-electron chi connectivity index (χ2n) is 3.55. The predicted octanol–water partition coefficient (Wildman–Crippen LogP) is -0.0496. The molecule has 0 saturated heterocycles. The first-order valence-corrected chi connectivity index (χ1v) is 6.91. The van der Waals surface area contributed by atoms with Crippen molar-refractivity contribution >= 4 is 15.5 Å². The van der Waals surface area contributed by atoms with Crippen LogP contribution in [0.4, 0.5) is 5.69 Å². The van der Waals surface area contributed by atoms with Gasteiger partial charge in [-0.3, -0.25) is 10.1 Å². The molecule has 18 heavy (non-hydrogen) atoms. The zero-order valence-electron chi connectivity index (χ0n) is 9.57. The molecule has 0 atom stereocenters. The maximum Gasteiger partial charge on any atom is 0.270 e. The Morgan fingerprint density at radius 3 is 2.67 bits per heavy atom. The molecule has 100 valence electrons. The average Bonchev–Trinajstić information content (AvgIpc) is 2.35. The number of rotatable bonds is 7. The molecule has 2 N–H and O–H groups in total. The number of nitro groups is 1. The van der Waals surface area contributed by atoms with Crippen LogP contribution in [0.2, 0.25) is 0 Å². The van der Waals surface area contributed by atoms with Crippen LogP contribution in [0.25, 0.3) is 0 Å². The van der Waals surface area contributed by atoms with Crippen LogP contribution >= 0.6 is 0 Å². The van der Waals surface area contributed by atoms with E-state index < -0.39 is 14.8 Å². The van der Waals surface area contributed by atoms with Crippen LogP contribution in [-0.2, 0) is 9.84 Å². The van der Waals surface area contributed by atoms with E-state index in [2.05, 4.69) is 5.32 Å². The molecule has 0 bridgehead atoms. The van der Waals surface area contributed by atoms with Gasteiger partial charge in [0, 0.05) is 25.2 Å². The van der Waals surface area contributed by atoms with Gasteiger partial charge < -0.3 is 10.4 Å². The Hall–Kier alpha value is -1.51. The lowest BCUT2D eigenvalue weighted by atomic mass is 10.3. The summed E-state index contributed by atoms with van der Waals surface area (Å²) >= 11 is 0. The van der Waals surface area contributed by atoms with Crippen LogP contribution in [0.15, 0.2) is 29.2 Å². The molecule has 0 unspecified atom stereocenters. The molecule has 1 aromatic rings. The highest BCUT2D eigenvalue weighted by atomic mass is 32.2. The van der Waals surface area contributed by atoms with Gasteiger partial charge in [0.2, 0.25) is 0 Å². The van der Waals surface area contributed by atoms with Gasteiger partial charge in [-0.1, -0.05) is 6.07 Å². The van der Waals surface area contributed by atoms with Gasteiger partial charge in [0.1, 0.15) is 0 Å². The van der Waals surface area contributed by atoms with Crippen molar-refractivity contribution in [3.63, 3.8) is 0 Å². The van der Waals surface area contributed by atoms with Crippen LogP contribution in [0.3, 0.4) is 0 Å². The Kier molecular flexibility index (Phi) is 5.20. The topological polar surface area (TPSA) is 110 Å². The summed E-state index contributed by atoms with van der Waals surface area (Å²) < 4.78 is 23.7. The van der Waals surface area contributed by atoms with E-state index in [0.29, 0.717) is 6.54 Å². The highest BCUT2D eigenvalue weighted by molar-refractivity contribution is 7.91. The van der Waals surface area contributed by atoms with E-state index in [0.717, 1.165) is 6.07 Å². The average molecular weight is 274 g/mol. The predicted molar refractivity (Wildman–Crippen MR) is 65.1 cm³/mol. The number of aliphatic hydroxyl groups excluding tert-OH is 1. The van der Waals surface area contributed by atoms with Gasteiger partial charge in [-0.05, 0) is 6.07 Å².